The van der Waals surface area contributed by atoms with E-state index < -0.39 is 0 Å². The van der Waals surface area contributed by atoms with Gasteiger partial charge in [-0.25, -0.2) is 9.79 Å². The summed E-state index contributed by atoms with van der Waals surface area (Å²) in [7, 11) is 3.44. The van der Waals surface area contributed by atoms with Crippen molar-refractivity contribution in [1.82, 2.24) is 4.90 Å². The normalized spacial score (nSPS) is 14.8. The Labute approximate surface area is 152 Å². The van der Waals surface area contributed by atoms with Gasteiger partial charge < -0.3 is 14.7 Å². The first kappa shape index (κ1) is 17.1. The number of benzene rings is 1. The molecule has 0 saturated carbocycles. The number of halogens is 1. The lowest BCUT2D eigenvalue weighted by Crippen LogP contribution is -2.26. The Hall–Kier alpha value is -1.70. The summed E-state index contributed by atoms with van der Waals surface area (Å²) in [5, 5.41) is 10.6. The largest absolute Gasteiger partial charge is 0.507 e. The van der Waals surface area contributed by atoms with Gasteiger partial charge in [0, 0.05) is 34.2 Å². The highest BCUT2D eigenvalue weighted by molar-refractivity contribution is 9.10. The summed E-state index contributed by atoms with van der Waals surface area (Å²) >= 11 is 4.88. The van der Waals surface area contributed by atoms with Gasteiger partial charge in [-0.2, -0.15) is 0 Å². The monoisotopic (exact) mass is 408 g/mol. The van der Waals surface area contributed by atoms with E-state index in [2.05, 4.69) is 32.9 Å². The third-order valence-electron chi connectivity index (χ3n) is 3.93. The second-order valence-electron chi connectivity index (χ2n) is 5.62. The van der Waals surface area contributed by atoms with E-state index in [1.165, 1.54) is 18.4 Å². The predicted molar refractivity (Wildman–Crippen MR) is 98.8 cm³/mol. The molecule has 0 spiro atoms. The van der Waals surface area contributed by atoms with E-state index in [1.54, 1.807) is 24.4 Å². The molecule has 0 fully saturated rings. The summed E-state index contributed by atoms with van der Waals surface area (Å²) in [6.07, 6.45) is 2.39. The molecular formula is C17H17BrN2O3S. The molecule has 1 aromatic carbocycles. The fraction of sp³-hybridized carbons (Fsp3) is 0.294. The zero-order chi connectivity index (χ0) is 17.3. The molecule has 0 saturated heterocycles. The highest BCUT2D eigenvalue weighted by Gasteiger charge is 2.27. The minimum Gasteiger partial charge on any atom is -0.507 e. The fourth-order valence-electron chi connectivity index (χ4n) is 2.68. The van der Waals surface area contributed by atoms with Crippen molar-refractivity contribution < 1.29 is 14.6 Å². The third kappa shape index (κ3) is 3.38. The van der Waals surface area contributed by atoms with E-state index in [0.717, 1.165) is 34.4 Å². The lowest BCUT2D eigenvalue weighted by molar-refractivity contribution is 0.0600. The van der Waals surface area contributed by atoms with Gasteiger partial charge in [0.1, 0.15) is 10.8 Å². The van der Waals surface area contributed by atoms with Crippen molar-refractivity contribution in [2.75, 3.05) is 20.7 Å². The number of thiophene rings is 1. The number of nitrogens with zero attached hydrogens (tertiary/aromatic N) is 2. The van der Waals surface area contributed by atoms with E-state index in [0.29, 0.717) is 16.1 Å². The number of rotatable bonds is 3. The zero-order valence-electron chi connectivity index (χ0n) is 13.4. The summed E-state index contributed by atoms with van der Waals surface area (Å²) < 4.78 is 5.80. The topological polar surface area (TPSA) is 62.1 Å². The quantitative estimate of drug-likeness (QED) is 0.620. The maximum absolute atomic E-state index is 12.2. The van der Waals surface area contributed by atoms with Crippen LogP contribution in [0.25, 0.3) is 0 Å². The number of phenolic OH excluding ortho intramolecular Hbond substituents is 1. The SMILES string of the molecule is COC(=O)c1c(/N=C/c2cc(Br)ccc2O)sc2c1CCN(C)C2. The molecule has 24 heavy (non-hydrogen) atoms. The van der Waals surface area contributed by atoms with Crippen LogP contribution in [-0.2, 0) is 17.7 Å². The van der Waals surface area contributed by atoms with Crippen LogP contribution >= 0.6 is 27.3 Å². The molecular weight excluding hydrogens is 392 g/mol. The Morgan fingerprint density at radius 1 is 1.50 bits per heavy atom. The van der Waals surface area contributed by atoms with Crippen molar-refractivity contribution in [1.29, 1.82) is 0 Å². The van der Waals surface area contributed by atoms with Crippen molar-refractivity contribution in [2.24, 2.45) is 4.99 Å². The number of carbonyl (C=O) groups is 1. The van der Waals surface area contributed by atoms with Crippen LogP contribution in [-0.4, -0.2) is 42.9 Å². The van der Waals surface area contributed by atoms with Crippen molar-refractivity contribution in [3.05, 3.63) is 44.2 Å². The average molecular weight is 409 g/mol. The molecule has 0 radical (unpaired) electrons. The average Bonchev–Trinajstić information content (AvgIpc) is 2.92. The molecule has 1 N–H and O–H groups in total. The number of esters is 1. The van der Waals surface area contributed by atoms with Gasteiger partial charge in [-0.1, -0.05) is 15.9 Å². The minimum atomic E-state index is -0.359. The molecule has 2 aromatic rings. The summed E-state index contributed by atoms with van der Waals surface area (Å²) in [5.74, 6) is -0.217. The molecule has 5 nitrogen and oxygen atoms in total. The highest BCUT2D eigenvalue weighted by atomic mass is 79.9. The molecule has 0 bridgehead atoms. The second kappa shape index (κ2) is 7.04. The number of fused-ring (bicyclic) bond motifs is 1. The maximum atomic E-state index is 12.2. The van der Waals surface area contributed by atoms with E-state index in [-0.39, 0.29) is 11.7 Å². The highest BCUT2D eigenvalue weighted by Crippen LogP contribution is 2.39. The van der Waals surface area contributed by atoms with Gasteiger partial charge in [-0.3, -0.25) is 0 Å². The van der Waals surface area contributed by atoms with Crippen LogP contribution in [0.4, 0.5) is 5.00 Å². The number of aliphatic imine (C=N–C) groups is 1. The molecule has 0 aliphatic carbocycles. The van der Waals surface area contributed by atoms with Crippen LogP contribution < -0.4 is 0 Å². The first-order valence-electron chi connectivity index (χ1n) is 7.43. The Balaban J connectivity index is 2.02. The number of phenols is 1. The number of hydrogen-bond donors (Lipinski definition) is 1. The second-order valence-corrected chi connectivity index (χ2v) is 7.62. The zero-order valence-corrected chi connectivity index (χ0v) is 15.8. The first-order chi connectivity index (χ1) is 11.5. The molecule has 3 rings (SSSR count). The molecule has 0 unspecified atom stereocenters. The van der Waals surface area contributed by atoms with Crippen LogP contribution in [0, 0.1) is 0 Å². The minimum absolute atomic E-state index is 0.141. The van der Waals surface area contributed by atoms with Crippen LogP contribution in [0.2, 0.25) is 0 Å². The lowest BCUT2D eigenvalue weighted by atomic mass is 10.0. The summed E-state index contributed by atoms with van der Waals surface area (Å²) in [5.41, 5.74) is 2.18. The summed E-state index contributed by atoms with van der Waals surface area (Å²) in [6, 6.07) is 5.13. The van der Waals surface area contributed by atoms with Crippen LogP contribution in [0.3, 0.4) is 0 Å². The van der Waals surface area contributed by atoms with Gasteiger partial charge in [0.15, 0.2) is 0 Å². The molecule has 126 valence electrons. The number of ether oxygens (including phenoxy) is 1. The van der Waals surface area contributed by atoms with Gasteiger partial charge in [-0.05, 0) is 37.2 Å². The van der Waals surface area contributed by atoms with Gasteiger partial charge in [0.2, 0.25) is 0 Å². The molecule has 7 heteroatoms. The Bertz CT molecular complexity index is 816. The van der Waals surface area contributed by atoms with E-state index in [9.17, 15) is 9.90 Å². The Morgan fingerprint density at radius 3 is 3.04 bits per heavy atom. The van der Waals surface area contributed by atoms with E-state index in [1.807, 2.05) is 0 Å². The molecule has 0 atom stereocenters. The smallest absolute Gasteiger partial charge is 0.341 e. The van der Waals surface area contributed by atoms with Gasteiger partial charge in [0.25, 0.3) is 0 Å². The van der Waals surface area contributed by atoms with Crippen LogP contribution in [0.15, 0.2) is 27.7 Å². The van der Waals surface area contributed by atoms with Crippen LogP contribution in [0.5, 0.6) is 5.75 Å². The molecule has 2 heterocycles. The predicted octanol–water partition coefficient (Wildman–Crippen LogP) is 3.74. The maximum Gasteiger partial charge on any atom is 0.341 e. The molecule has 1 aliphatic heterocycles. The summed E-state index contributed by atoms with van der Waals surface area (Å²) in [4.78, 5) is 20.1. The van der Waals surface area contributed by atoms with Crippen molar-refractivity contribution in [3.63, 3.8) is 0 Å². The Morgan fingerprint density at radius 2 is 2.29 bits per heavy atom. The van der Waals surface area contributed by atoms with Crippen molar-refractivity contribution in [3.8, 4) is 5.75 Å². The third-order valence-corrected chi connectivity index (χ3v) is 5.55. The molecule has 1 aromatic heterocycles. The fourth-order valence-corrected chi connectivity index (χ4v) is 4.32. The van der Waals surface area contributed by atoms with Gasteiger partial charge >= 0.3 is 5.97 Å². The molecule has 0 amide bonds. The number of likely N-dealkylation sites (N-methyl/N-ethyl adjacent to an activating group) is 1. The number of aromatic hydroxyl groups is 1. The Kier molecular flexibility index (Phi) is 5.03. The number of hydrogen-bond acceptors (Lipinski definition) is 6. The van der Waals surface area contributed by atoms with Crippen molar-refractivity contribution in [2.45, 2.75) is 13.0 Å². The number of carbonyl (C=O) groups excluding carboxylic acids is 1. The summed E-state index contributed by atoms with van der Waals surface area (Å²) in [6.45, 7) is 1.71. The van der Waals surface area contributed by atoms with Crippen LogP contribution in [0.1, 0.15) is 26.4 Å². The van der Waals surface area contributed by atoms with E-state index in [4.69, 9.17) is 4.74 Å². The standard InChI is InChI=1S/C17H17BrN2O3S/c1-20-6-5-12-14(9-20)24-16(15(12)17(22)23-2)19-8-10-7-11(18)3-4-13(10)21/h3-4,7-8,21H,5-6,9H2,1-2H3/b19-8+. The van der Waals surface area contributed by atoms with Gasteiger partial charge in [-0.15, -0.1) is 11.3 Å². The lowest BCUT2D eigenvalue weighted by Gasteiger charge is -2.22. The van der Waals surface area contributed by atoms with Crippen molar-refractivity contribution >= 4 is 44.5 Å². The van der Waals surface area contributed by atoms with Gasteiger partial charge in [0.05, 0.1) is 12.7 Å². The molecule has 1 aliphatic rings. The number of methoxy groups -OCH3 is 1. The van der Waals surface area contributed by atoms with E-state index >= 15 is 0 Å². The first-order valence-corrected chi connectivity index (χ1v) is 9.04.